The van der Waals surface area contributed by atoms with E-state index in [9.17, 15) is 4.79 Å². The molecule has 2 aromatic rings. The molecule has 0 unspecified atom stereocenters. The number of hydrogen-bond acceptors (Lipinski definition) is 5. The summed E-state index contributed by atoms with van der Waals surface area (Å²) in [4.78, 5) is 11.7. The standard InChI is InChI=1S/C13H15N3O3/c1-9-15-16-13(19-9)10-5-2-3-6-11(10)14-12(18)7-4-8-17/h2-3,5-6,17H,4,7-8H2,1H3,(H,14,18). The van der Waals surface area contributed by atoms with Crippen LogP contribution in [0.1, 0.15) is 18.7 Å². The molecule has 0 bridgehead atoms. The molecule has 6 heteroatoms. The Bertz CT molecular complexity index is 566. The second-order valence-electron chi connectivity index (χ2n) is 4.05. The first-order valence-corrected chi connectivity index (χ1v) is 6.01. The number of nitrogens with zero attached hydrogens (tertiary/aromatic N) is 2. The van der Waals surface area contributed by atoms with Crippen LogP contribution in [0.5, 0.6) is 0 Å². The summed E-state index contributed by atoms with van der Waals surface area (Å²) in [5.41, 5.74) is 1.30. The third kappa shape index (κ3) is 3.38. The second-order valence-corrected chi connectivity index (χ2v) is 4.05. The minimum atomic E-state index is -0.155. The lowest BCUT2D eigenvalue weighted by atomic mass is 10.1. The van der Waals surface area contributed by atoms with Gasteiger partial charge in [-0.05, 0) is 18.6 Å². The number of amides is 1. The molecule has 1 aromatic heterocycles. The molecule has 0 aliphatic rings. The van der Waals surface area contributed by atoms with Crippen molar-refractivity contribution < 1.29 is 14.3 Å². The van der Waals surface area contributed by atoms with Crippen LogP contribution in [0.15, 0.2) is 28.7 Å². The summed E-state index contributed by atoms with van der Waals surface area (Å²) in [7, 11) is 0. The molecule has 100 valence electrons. The molecule has 2 N–H and O–H groups in total. The summed E-state index contributed by atoms with van der Waals surface area (Å²) < 4.78 is 5.36. The second kappa shape index (κ2) is 6.10. The zero-order chi connectivity index (χ0) is 13.7. The zero-order valence-corrected chi connectivity index (χ0v) is 10.6. The van der Waals surface area contributed by atoms with Crippen LogP contribution in [0, 0.1) is 6.92 Å². The number of nitrogens with one attached hydrogen (secondary N) is 1. The lowest BCUT2D eigenvalue weighted by Gasteiger charge is -2.08. The van der Waals surface area contributed by atoms with Crippen molar-refractivity contribution in [1.82, 2.24) is 10.2 Å². The molecule has 0 saturated carbocycles. The highest BCUT2D eigenvalue weighted by Gasteiger charge is 2.12. The van der Waals surface area contributed by atoms with Gasteiger partial charge in [0.1, 0.15) is 0 Å². The van der Waals surface area contributed by atoms with Crippen molar-refractivity contribution in [2.75, 3.05) is 11.9 Å². The number of carbonyl (C=O) groups is 1. The van der Waals surface area contributed by atoms with Crippen molar-refractivity contribution in [3.8, 4) is 11.5 Å². The Morgan fingerprint density at radius 3 is 2.84 bits per heavy atom. The Morgan fingerprint density at radius 2 is 2.16 bits per heavy atom. The van der Waals surface area contributed by atoms with Crippen molar-refractivity contribution in [1.29, 1.82) is 0 Å². The van der Waals surface area contributed by atoms with E-state index in [2.05, 4.69) is 15.5 Å². The van der Waals surface area contributed by atoms with Gasteiger partial charge in [0.15, 0.2) is 0 Å². The van der Waals surface area contributed by atoms with Crippen molar-refractivity contribution in [3.63, 3.8) is 0 Å². The first-order valence-electron chi connectivity index (χ1n) is 6.01. The summed E-state index contributed by atoms with van der Waals surface area (Å²) >= 11 is 0. The van der Waals surface area contributed by atoms with E-state index in [1.165, 1.54) is 0 Å². The molecular weight excluding hydrogens is 246 g/mol. The predicted octanol–water partition coefficient (Wildman–Crippen LogP) is 1.76. The van der Waals surface area contributed by atoms with Gasteiger partial charge in [-0.25, -0.2) is 0 Å². The van der Waals surface area contributed by atoms with Gasteiger partial charge < -0.3 is 14.8 Å². The van der Waals surface area contributed by atoms with E-state index < -0.39 is 0 Å². The number of aromatic nitrogens is 2. The molecule has 2 rings (SSSR count). The Hall–Kier alpha value is -2.21. The molecule has 1 aromatic carbocycles. The van der Waals surface area contributed by atoms with Crippen molar-refractivity contribution >= 4 is 11.6 Å². The first-order chi connectivity index (χ1) is 9.20. The largest absolute Gasteiger partial charge is 0.421 e. The summed E-state index contributed by atoms with van der Waals surface area (Å²) in [6, 6.07) is 7.22. The van der Waals surface area contributed by atoms with Crippen LogP contribution in [0.25, 0.3) is 11.5 Å². The highest BCUT2D eigenvalue weighted by Crippen LogP contribution is 2.26. The Morgan fingerprint density at radius 1 is 1.37 bits per heavy atom. The van der Waals surface area contributed by atoms with Crippen molar-refractivity contribution in [2.45, 2.75) is 19.8 Å². The van der Waals surface area contributed by atoms with E-state index in [0.29, 0.717) is 29.5 Å². The van der Waals surface area contributed by atoms with E-state index in [-0.39, 0.29) is 18.9 Å². The fraction of sp³-hybridized carbons (Fsp3) is 0.308. The molecule has 0 spiro atoms. The van der Waals surface area contributed by atoms with Gasteiger partial charge in [0.05, 0.1) is 11.3 Å². The monoisotopic (exact) mass is 261 g/mol. The smallest absolute Gasteiger partial charge is 0.249 e. The highest BCUT2D eigenvalue weighted by atomic mass is 16.4. The summed E-state index contributed by atoms with van der Waals surface area (Å²) in [6.07, 6.45) is 0.710. The average Bonchev–Trinajstić information content (AvgIpc) is 2.83. The van der Waals surface area contributed by atoms with Gasteiger partial charge in [0.2, 0.25) is 17.7 Å². The van der Waals surface area contributed by atoms with Crippen LogP contribution in [0.4, 0.5) is 5.69 Å². The summed E-state index contributed by atoms with van der Waals surface area (Å²) in [5, 5.41) is 19.2. The van der Waals surface area contributed by atoms with E-state index >= 15 is 0 Å². The average molecular weight is 261 g/mol. The molecule has 1 heterocycles. The Labute approximate surface area is 110 Å². The number of aliphatic hydroxyl groups is 1. The number of carbonyl (C=O) groups excluding carboxylic acids is 1. The summed E-state index contributed by atoms with van der Waals surface area (Å²) in [6.45, 7) is 1.71. The van der Waals surface area contributed by atoms with Gasteiger partial charge in [-0.15, -0.1) is 10.2 Å². The maximum absolute atomic E-state index is 11.7. The SMILES string of the molecule is Cc1nnc(-c2ccccc2NC(=O)CCCO)o1. The maximum atomic E-state index is 11.7. The first kappa shape index (κ1) is 13.2. The quantitative estimate of drug-likeness (QED) is 0.856. The normalized spacial score (nSPS) is 10.4. The number of aliphatic hydroxyl groups excluding tert-OH is 1. The number of rotatable bonds is 5. The van der Waals surface area contributed by atoms with E-state index in [1.807, 2.05) is 12.1 Å². The molecule has 0 atom stereocenters. The third-order valence-corrected chi connectivity index (χ3v) is 2.52. The van der Waals surface area contributed by atoms with E-state index in [0.717, 1.165) is 0 Å². The minimum Gasteiger partial charge on any atom is -0.421 e. The van der Waals surface area contributed by atoms with Gasteiger partial charge in [0.25, 0.3) is 0 Å². The van der Waals surface area contributed by atoms with Crippen LogP contribution in [0.3, 0.4) is 0 Å². The topological polar surface area (TPSA) is 88.2 Å². The minimum absolute atomic E-state index is 0.00206. The molecular formula is C13H15N3O3. The van der Waals surface area contributed by atoms with Crippen molar-refractivity contribution in [3.05, 3.63) is 30.2 Å². The van der Waals surface area contributed by atoms with Crippen LogP contribution in [-0.4, -0.2) is 27.8 Å². The molecule has 0 aliphatic carbocycles. The van der Waals surface area contributed by atoms with Crippen LogP contribution in [-0.2, 0) is 4.79 Å². The predicted molar refractivity (Wildman–Crippen MR) is 69.4 cm³/mol. The van der Waals surface area contributed by atoms with E-state index in [1.54, 1.807) is 19.1 Å². The molecule has 0 radical (unpaired) electrons. The summed E-state index contributed by atoms with van der Waals surface area (Å²) in [5.74, 6) is 0.685. The van der Waals surface area contributed by atoms with E-state index in [4.69, 9.17) is 9.52 Å². The maximum Gasteiger partial charge on any atom is 0.249 e. The zero-order valence-electron chi connectivity index (χ0n) is 10.6. The molecule has 1 amide bonds. The van der Waals surface area contributed by atoms with Gasteiger partial charge >= 0.3 is 0 Å². The molecule has 0 saturated heterocycles. The van der Waals surface area contributed by atoms with Gasteiger partial charge in [-0.3, -0.25) is 4.79 Å². The van der Waals surface area contributed by atoms with Crippen LogP contribution in [0.2, 0.25) is 0 Å². The number of anilines is 1. The number of benzene rings is 1. The Kier molecular flexibility index (Phi) is 4.25. The lowest BCUT2D eigenvalue weighted by Crippen LogP contribution is -2.12. The van der Waals surface area contributed by atoms with Gasteiger partial charge in [0, 0.05) is 20.0 Å². The number of aryl methyl sites for hydroxylation is 1. The fourth-order valence-electron chi connectivity index (χ4n) is 1.64. The highest BCUT2D eigenvalue weighted by molar-refractivity contribution is 5.94. The van der Waals surface area contributed by atoms with Crippen LogP contribution >= 0.6 is 0 Å². The number of para-hydroxylation sites is 1. The number of hydrogen-bond donors (Lipinski definition) is 2. The molecule has 0 fully saturated rings. The fourth-order valence-corrected chi connectivity index (χ4v) is 1.64. The molecule has 0 aliphatic heterocycles. The molecule has 19 heavy (non-hydrogen) atoms. The van der Waals surface area contributed by atoms with Crippen LogP contribution < -0.4 is 5.32 Å². The van der Waals surface area contributed by atoms with Gasteiger partial charge in [-0.2, -0.15) is 0 Å². The third-order valence-electron chi connectivity index (χ3n) is 2.52. The molecule has 6 nitrogen and oxygen atoms in total. The Balaban J connectivity index is 2.19. The van der Waals surface area contributed by atoms with Gasteiger partial charge in [-0.1, -0.05) is 12.1 Å². The lowest BCUT2D eigenvalue weighted by molar-refractivity contribution is -0.116. The van der Waals surface area contributed by atoms with Crippen molar-refractivity contribution in [2.24, 2.45) is 0 Å².